The molecule has 2 aromatic heterocycles. The molecule has 3 heterocycles. The molecule has 0 spiro atoms. The van der Waals surface area contributed by atoms with Crippen LogP contribution in [0.15, 0.2) is 72.6 Å². The lowest BCUT2D eigenvalue weighted by molar-refractivity contribution is -0.123. The minimum Gasteiger partial charge on any atom is -0.496 e. The summed E-state index contributed by atoms with van der Waals surface area (Å²) >= 11 is 0. The second kappa shape index (κ2) is 11.6. The number of ether oxygens (including phenoxy) is 2. The van der Waals surface area contributed by atoms with Crippen molar-refractivity contribution < 1.29 is 31.8 Å². The van der Waals surface area contributed by atoms with Crippen LogP contribution in [0.2, 0.25) is 0 Å². The Morgan fingerprint density at radius 2 is 1.87 bits per heavy atom. The van der Waals surface area contributed by atoms with E-state index in [4.69, 9.17) is 26.0 Å². The minimum atomic E-state index is -4.80. The second-order valence-electron chi connectivity index (χ2n) is 10.8. The molecule has 1 amide bonds. The number of amides is 1. The lowest BCUT2D eigenvalue weighted by Gasteiger charge is -2.34. The molecule has 2 unspecified atom stereocenters. The molecule has 4 N–H and O–H groups in total. The monoisotopic (exact) mass is 623 g/mol. The lowest BCUT2D eigenvalue weighted by atomic mass is 9.71. The molecular weight excluding hydrogens is 594 g/mol. The van der Waals surface area contributed by atoms with E-state index in [1.54, 1.807) is 4.68 Å². The van der Waals surface area contributed by atoms with Crippen LogP contribution >= 0.6 is 0 Å². The number of alkyl halides is 4. The van der Waals surface area contributed by atoms with Crippen molar-refractivity contribution in [2.24, 2.45) is 5.73 Å². The van der Waals surface area contributed by atoms with Crippen molar-refractivity contribution in [1.29, 1.82) is 0 Å². The summed E-state index contributed by atoms with van der Waals surface area (Å²) in [6, 6.07) is 12.3. The number of allylic oxidation sites excluding steroid dienone is 3. The molecule has 14 heteroatoms. The van der Waals surface area contributed by atoms with Crippen molar-refractivity contribution >= 4 is 22.8 Å². The van der Waals surface area contributed by atoms with Gasteiger partial charge in [-0.05, 0) is 29.8 Å². The Kier molecular flexibility index (Phi) is 7.79. The van der Waals surface area contributed by atoms with Crippen molar-refractivity contribution in [3.63, 3.8) is 0 Å². The van der Waals surface area contributed by atoms with Crippen molar-refractivity contribution in [3.8, 4) is 22.7 Å². The smallest absolute Gasteiger partial charge is 0.416 e. The largest absolute Gasteiger partial charge is 0.496 e. The zero-order valence-electron chi connectivity index (χ0n) is 24.1. The number of nitrogens with zero attached hydrogens (tertiary/aromatic N) is 5. The van der Waals surface area contributed by atoms with Crippen molar-refractivity contribution in [1.82, 2.24) is 24.6 Å². The number of anilines is 1. The number of nitrogens with two attached hydrogens (primary N) is 2. The zero-order chi connectivity index (χ0) is 31.9. The van der Waals surface area contributed by atoms with Crippen LogP contribution in [0.3, 0.4) is 0 Å². The van der Waals surface area contributed by atoms with Gasteiger partial charge in [-0.1, -0.05) is 36.4 Å². The lowest BCUT2D eigenvalue weighted by Crippen LogP contribution is -2.48. The summed E-state index contributed by atoms with van der Waals surface area (Å²) in [5.41, 5.74) is 11.5. The molecule has 6 rings (SSSR count). The molecule has 1 fully saturated rings. The maximum absolute atomic E-state index is 15.5. The number of aromatic nitrogens is 4. The molecular formula is C31H29F4N7O3. The average molecular weight is 624 g/mol. The predicted molar refractivity (Wildman–Crippen MR) is 158 cm³/mol. The van der Waals surface area contributed by atoms with Crippen LogP contribution in [0, 0.1) is 0 Å². The Morgan fingerprint density at radius 3 is 2.51 bits per heavy atom. The van der Waals surface area contributed by atoms with Crippen LogP contribution in [-0.4, -0.2) is 76.3 Å². The molecule has 0 bridgehead atoms. The highest BCUT2D eigenvalue weighted by atomic mass is 19.4. The number of hydrogen-bond acceptors (Lipinski definition) is 8. The van der Waals surface area contributed by atoms with E-state index in [1.807, 2.05) is 24.3 Å². The fourth-order valence-electron chi connectivity index (χ4n) is 5.73. The van der Waals surface area contributed by atoms with Gasteiger partial charge in [0.25, 0.3) is 0 Å². The quantitative estimate of drug-likeness (QED) is 0.295. The van der Waals surface area contributed by atoms with Gasteiger partial charge in [-0.25, -0.2) is 19.0 Å². The van der Waals surface area contributed by atoms with Crippen molar-refractivity contribution in [2.75, 3.05) is 39.1 Å². The molecule has 2 atom stereocenters. The first-order chi connectivity index (χ1) is 21.5. The summed E-state index contributed by atoms with van der Waals surface area (Å²) in [5, 5.41) is 5.23. The first kappa shape index (κ1) is 30.2. The Morgan fingerprint density at radius 1 is 1.13 bits per heavy atom. The number of halogens is 4. The van der Waals surface area contributed by atoms with E-state index in [2.05, 4.69) is 14.9 Å². The summed E-state index contributed by atoms with van der Waals surface area (Å²) in [6.07, 6.45) is -4.06. The van der Waals surface area contributed by atoms with Gasteiger partial charge < -0.3 is 20.9 Å². The standard InChI is InChI=1S/C31H29F4N7O3/c1-44-23-14-19(4-7-22(23)30(29(37)43)9-8-20(15-24(30)32)31(33,34)35)26-25-27(36)38-17-39-28(25)42(40-26)21-5-2-18(3-6-21)16-41-10-12-45-13-11-41/h2-9,14-15,17,24H,10-13,16H2,1H3,(H2,37,43)(H2,36,38,39). The molecule has 0 radical (unpaired) electrons. The Hall–Kier alpha value is -4.82. The highest BCUT2D eigenvalue weighted by molar-refractivity contribution is 5.99. The number of morpholine rings is 1. The van der Waals surface area contributed by atoms with E-state index in [0.717, 1.165) is 31.3 Å². The third-order valence-electron chi connectivity index (χ3n) is 8.13. The number of nitrogen functional groups attached to an aromatic ring is 1. The van der Waals surface area contributed by atoms with Crippen LogP contribution in [0.4, 0.5) is 23.4 Å². The molecule has 2 aliphatic rings. The molecule has 1 aliphatic heterocycles. The first-order valence-corrected chi connectivity index (χ1v) is 14.0. The van der Waals surface area contributed by atoms with E-state index in [0.29, 0.717) is 53.3 Å². The number of methoxy groups -OCH3 is 1. The van der Waals surface area contributed by atoms with E-state index >= 15 is 4.39 Å². The van der Waals surface area contributed by atoms with Crippen LogP contribution in [0.1, 0.15) is 11.1 Å². The average Bonchev–Trinajstić information content (AvgIpc) is 3.42. The van der Waals surface area contributed by atoms with Crippen molar-refractivity contribution in [3.05, 3.63) is 83.7 Å². The van der Waals surface area contributed by atoms with Crippen molar-refractivity contribution in [2.45, 2.75) is 24.3 Å². The van der Waals surface area contributed by atoms with Gasteiger partial charge in [-0.2, -0.15) is 18.3 Å². The highest BCUT2D eigenvalue weighted by Gasteiger charge is 2.49. The van der Waals surface area contributed by atoms with Crippen LogP contribution < -0.4 is 16.2 Å². The number of carbonyl (C=O) groups excluding carboxylic acids is 1. The Labute approximate surface area is 254 Å². The normalized spacial score (nSPS) is 20.7. The number of primary amides is 1. The molecule has 45 heavy (non-hydrogen) atoms. The summed E-state index contributed by atoms with van der Waals surface area (Å²) in [7, 11) is 1.29. The fourth-order valence-corrected chi connectivity index (χ4v) is 5.73. The van der Waals surface area contributed by atoms with E-state index in [9.17, 15) is 18.0 Å². The minimum absolute atomic E-state index is 0.00745. The van der Waals surface area contributed by atoms with Gasteiger partial charge in [0.05, 0.1) is 37.0 Å². The molecule has 0 saturated carbocycles. The van der Waals surface area contributed by atoms with Crippen LogP contribution in [-0.2, 0) is 21.5 Å². The number of benzene rings is 2. The summed E-state index contributed by atoms with van der Waals surface area (Å²) < 4.78 is 68.0. The molecule has 10 nitrogen and oxygen atoms in total. The first-order valence-electron chi connectivity index (χ1n) is 14.0. The summed E-state index contributed by atoms with van der Waals surface area (Å²) in [4.78, 5) is 23.6. The maximum Gasteiger partial charge on any atom is 0.416 e. The maximum atomic E-state index is 15.5. The Balaban J connectivity index is 1.40. The van der Waals surface area contributed by atoms with Gasteiger partial charge >= 0.3 is 6.18 Å². The Bertz CT molecular complexity index is 1810. The van der Waals surface area contributed by atoms with Gasteiger partial charge in [-0.3, -0.25) is 9.69 Å². The molecule has 2 aromatic carbocycles. The number of hydrogen-bond donors (Lipinski definition) is 2. The van der Waals surface area contributed by atoms with E-state index in [-0.39, 0.29) is 17.1 Å². The predicted octanol–water partition coefficient (Wildman–Crippen LogP) is 4.03. The topological polar surface area (TPSA) is 134 Å². The molecule has 234 valence electrons. The number of fused-ring (bicyclic) bond motifs is 1. The van der Waals surface area contributed by atoms with Gasteiger partial charge in [0, 0.05) is 30.8 Å². The highest BCUT2D eigenvalue weighted by Crippen LogP contribution is 2.45. The summed E-state index contributed by atoms with van der Waals surface area (Å²) in [5.74, 6) is -1.02. The SMILES string of the molecule is COc1cc(-c2nn(-c3ccc(CN4CCOCC4)cc3)c3ncnc(N)c23)ccc1C1(C(N)=O)C=CC(C(F)(F)F)=CC1F. The molecule has 1 saturated heterocycles. The van der Waals surface area contributed by atoms with Crippen LogP contribution in [0.5, 0.6) is 5.75 Å². The third-order valence-corrected chi connectivity index (χ3v) is 8.13. The fraction of sp³-hybridized carbons (Fsp3) is 0.290. The van der Waals surface area contributed by atoms with Gasteiger partial charge in [0.2, 0.25) is 5.91 Å². The van der Waals surface area contributed by atoms with Gasteiger partial charge in [0.15, 0.2) is 5.65 Å². The summed E-state index contributed by atoms with van der Waals surface area (Å²) in [6.45, 7) is 3.92. The number of carbonyl (C=O) groups is 1. The van der Waals surface area contributed by atoms with Gasteiger partial charge in [0.1, 0.15) is 35.2 Å². The van der Waals surface area contributed by atoms with Crippen LogP contribution in [0.25, 0.3) is 28.0 Å². The molecule has 4 aromatic rings. The van der Waals surface area contributed by atoms with Gasteiger partial charge in [-0.15, -0.1) is 0 Å². The third kappa shape index (κ3) is 5.40. The van der Waals surface area contributed by atoms with E-state index in [1.165, 1.54) is 31.6 Å². The van der Waals surface area contributed by atoms with E-state index < -0.39 is 29.2 Å². The zero-order valence-corrected chi connectivity index (χ0v) is 24.1. The molecule has 1 aliphatic carbocycles. The number of rotatable bonds is 7. The second-order valence-corrected chi connectivity index (χ2v) is 10.8.